The van der Waals surface area contributed by atoms with Crippen molar-refractivity contribution in [2.75, 3.05) is 23.7 Å². The van der Waals surface area contributed by atoms with Crippen molar-refractivity contribution in [1.29, 1.82) is 0 Å². The van der Waals surface area contributed by atoms with E-state index < -0.39 is 0 Å². The maximum atomic E-state index is 12.2. The summed E-state index contributed by atoms with van der Waals surface area (Å²) in [6.45, 7) is 1.71. The third-order valence-corrected chi connectivity index (χ3v) is 3.82. The minimum Gasteiger partial charge on any atom is -0.459 e. The summed E-state index contributed by atoms with van der Waals surface area (Å²) >= 11 is 0. The molecule has 6 heteroatoms. The third kappa shape index (κ3) is 3.98. The lowest BCUT2D eigenvalue weighted by molar-refractivity contribution is -0.120. The van der Waals surface area contributed by atoms with E-state index >= 15 is 0 Å². The van der Waals surface area contributed by atoms with Gasteiger partial charge in [0.25, 0.3) is 5.91 Å². The minimum absolute atomic E-state index is 0.0158. The Morgan fingerprint density at radius 1 is 1.09 bits per heavy atom. The Balaban J connectivity index is 1.56. The van der Waals surface area contributed by atoms with Crippen molar-refractivity contribution in [3.8, 4) is 0 Å². The number of nitrogens with one attached hydrogen (secondary N) is 3. The second kappa shape index (κ2) is 7.11. The molecule has 0 bridgehead atoms. The second-order valence-electron chi connectivity index (χ2n) is 5.54. The van der Waals surface area contributed by atoms with Crippen LogP contribution in [-0.4, -0.2) is 24.9 Å². The third-order valence-electron chi connectivity index (χ3n) is 3.82. The lowest BCUT2D eigenvalue weighted by Gasteiger charge is -2.21. The van der Waals surface area contributed by atoms with Gasteiger partial charge in [0.1, 0.15) is 0 Å². The number of piperidine rings is 1. The zero-order chi connectivity index (χ0) is 16.1. The predicted octanol–water partition coefficient (Wildman–Crippen LogP) is 2.47. The van der Waals surface area contributed by atoms with Gasteiger partial charge in [0.15, 0.2) is 5.76 Å². The SMILES string of the molecule is O=C(Nc1ccc(NC(=O)C2CCCNC2)cc1)c1ccco1. The van der Waals surface area contributed by atoms with E-state index in [1.165, 1.54) is 6.26 Å². The van der Waals surface area contributed by atoms with Gasteiger partial charge in [-0.1, -0.05) is 0 Å². The Bertz CT molecular complexity index is 659. The summed E-state index contributed by atoms with van der Waals surface area (Å²) in [6, 6.07) is 10.3. The standard InChI is InChI=1S/C17H19N3O3/c21-16(12-3-1-9-18-11-12)19-13-5-7-14(8-6-13)20-17(22)15-4-2-10-23-15/h2,4-8,10,12,18H,1,3,9,11H2,(H,19,21)(H,20,22). The highest BCUT2D eigenvalue weighted by Gasteiger charge is 2.20. The van der Waals surface area contributed by atoms with Crippen LogP contribution in [0.4, 0.5) is 11.4 Å². The molecule has 1 aliphatic rings. The lowest BCUT2D eigenvalue weighted by atomic mass is 9.99. The number of hydrogen-bond donors (Lipinski definition) is 3. The second-order valence-corrected chi connectivity index (χ2v) is 5.54. The van der Waals surface area contributed by atoms with Crippen molar-refractivity contribution in [2.24, 2.45) is 5.92 Å². The van der Waals surface area contributed by atoms with Gasteiger partial charge in [0.2, 0.25) is 5.91 Å². The summed E-state index contributed by atoms with van der Waals surface area (Å²) in [5, 5.41) is 8.87. The number of carbonyl (C=O) groups is 2. The molecule has 1 unspecified atom stereocenters. The Morgan fingerprint density at radius 3 is 2.43 bits per heavy atom. The normalized spacial score (nSPS) is 17.5. The van der Waals surface area contributed by atoms with Crippen molar-refractivity contribution < 1.29 is 14.0 Å². The summed E-state index contributed by atoms with van der Waals surface area (Å²) in [6.07, 6.45) is 3.39. The van der Waals surface area contributed by atoms with E-state index in [0.29, 0.717) is 5.69 Å². The van der Waals surface area contributed by atoms with Gasteiger partial charge in [-0.3, -0.25) is 9.59 Å². The van der Waals surface area contributed by atoms with Crippen molar-refractivity contribution in [2.45, 2.75) is 12.8 Å². The maximum absolute atomic E-state index is 12.2. The minimum atomic E-state index is -0.305. The molecule has 2 aromatic rings. The Labute approximate surface area is 134 Å². The average Bonchev–Trinajstić information content (AvgIpc) is 3.12. The highest BCUT2D eigenvalue weighted by atomic mass is 16.3. The van der Waals surface area contributed by atoms with Crippen LogP contribution in [0.25, 0.3) is 0 Å². The van der Waals surface area contributed by atoms with Crippen molar-refractivity contribution in [3.05, 3.63) is 48.4 Å². The fourth-order valence-corrected chi connectivity index (χ4v) is 2.56. The van der Waals surface area contributed by atoms with Crippen molar-refractivity contribution in [1.82, 2.24) is 5.32 Å². The topological polar surface area (TPSA) is 83.4 Å². The quantitative estimate of drug-likeness (QED) is 0.809. The Morgan fingerprint density at radius 2 is 1.83 bits per heavy atom. The fraction of sp³-hybridized carbons (Fsp3) is 0.294. The van der Waals surface area contributed by atoms with Crippen molar-refractivity contribution >= 4 is 23.2 Å². The smallest absolute Gasteiger partial charge is 0.291 e. The van der Waals surface area contributed by atoms with Gasteiger partial charge in [0.05, 0.1) is 12.2 Å². The number of rotatable bonds is 4. The summed E-state index contributed by atoms with van der Waals surface area (Å²) in [5.74, 6) is -0.00102. The van der Waals surface area contributed by atoms with Crippen LogP contribution in [0.3, 0.4) is 0 Å². The van der Waals surface area contributed by atoms with E-state index in [0.717, 1.165) is 31.6 Å². The Hall–Kier alpha value is -2.60. The van der Waals surface area contributed by atoms with Crippen LogP contribution in [0.1, 0.15) is 23.4 Å². The van der Waals surface area contributed by atoms with Gasteiger partial charge in [-0.2, -0.15) is 0 Å². The van der Waals surface area contributed by atoms with E-state index in [1.807, 2.05) is 0 Å². The number of anilines is 2. The number of furan rings is 1. The molecule has 1 atom stereocenters. The predicted molar refractivity (Wildman–Crippen MR) is 87.3 cm³/mol. The molecule has 0 aliphatic carbocycles. The number of carbonyl (C=O) groups excluding carboxylic acids is 2. The highest BCUT2D eigenvalue weighted by molar-refractivity contribution is 6.02. The molecule has 0 spiro atoms. The van der Waals surface area contributed by atoms with E-state index in [1.54, 1.807) is 36.4 Å². The van der Waals surface area contributed by atoms with Gasteiger partial charge >= 0.3 is 0 Å². The molecule has 3 rings (SSSR count). The Kier molecular flexibility index (Phi) is 4.73. The van der Waals surface area contributed by atoms with Crippen LogP contribution in [-0.2, 0) is 4.79 Å². The molecule has 1 aromatic heterocycles. The summed E-state index contributed by atoms with van der Waals surface area (Å²) in [7, 11) is 0. The van der Waals surface area contributed by atoms with Crippen LogP contribution >= 0.6 is 0 Å². The van der Waals surface area contributed by atoms with E-state index in [4.69, 9.17) is 4.42 Å². The molecule has 1 aromatic carbocycles. The first-order chi connectivity index (χ1) is 11.2. The molecule has 6 nitrogen and oxygen atoms in total. The first-order valence-corrected chi connectivity index (χ1v) is 7.69. The van der Waals surface area contributed by atoms with Crippen molar-refractivity contribution in [3.63, 3.8) is 0 Å². The summed E-state index contributed by atoms with van der Waals surface area (Å²) in [5.41, 5.74) is 1.36. The van der Waals surface area contributed by atoms with Gasteiger partial charge in [0, 0.05) is 17.9 Å². The van der Waals surface area contributed by atoms with Crippen LogP contribution in [0, 0.1) is 5.92 Å². The molecule has 23 heavy (non-hydrogen) atoms. The van der Waals surface area contributed by atoms with Crippen LogP contribution < -0.4 is 16.0 Å². The van der Waals surface area contributed by atoms with Crippen LogP contribution in [0.5, 0.6) is 0 Å². The van der Waals surface area contributed by atoms with E-state index in [2.05, 4.69) is 16.0 Å². The summed E-state index contributed by atoms with van der Waals surface area (Å²) < 4.78 is 5.04. The van der Waals surface area contributed by atoms with Gasteiger partial charge in [-0.25, -0.2) is 0 Å². The molecule has 120 valence electrons. The number of benzene rings is 1. The first-order valence-electron chi connectivity index (χ1n) is 7.69. The first kappa shape index (κ1) is 15.3. The highest BCUT2D eigenvalue weighted by Crippen LogP contribution is 2.17. The monoisotopic (exact) mass is 313 g/mol. The molecule has 0 radical (unpaired) electrons. The summed E-state index contributed by atoms with van der Waals surface area (Å²) in [4.78, 5) is 24.0. The molecule has 2 amide bonds. The van der Waals surface area contributed by atoms with E-state index in [9.17, 15) is 9.59 Å². The molecule has 3 N–H and O–H groups in total. The van der Waals surface area contributed by atoms with Gasteiger partial charge in [-0.05, 0) is 55.8 Å². The molecule has 1 fully saturated rings. The molecular formula is C17H19N3O3. The van der Waals surface area contributed by atoms with E-state index in [-0.39, 0.29) is 23.5 Å². The zero-order valence-corrected chi connectivity index (χ0v) is 12.7. The number of hydrogen-bond acceptors (Lipinski definition) is 4. The zero-order valence-electron chi connectivity index (χ0n) is 12.7. The fourth-order valence-electron chi connectivity index (χ4n) is 2.56. The molecular weight excluding hydrogens is 294 g/mol. The average molecular weight is 313 g/mol. The molecule has 0 saturated carbocycles. The largest absolute Gasteiger partial charge is 0.459 e. The van der Waals surface area contributed by atoms with Crippen LogP contribution in [0.2, 0.25) is 0 Å². The lowest BCUT2D eigenvalue weighted by Crippen LogP contribution is -2.37. The molecule has 2 heterocycles. The van der Waals surface area contributed by atoms with Gasteiger partial charge in [-0.15, -0.1) is 0 Å². The van der Waals surface area contributed by atoms with Gasteiger partial charge < -0.3 is 20.4 Å². The maximum Gasteiger partial charge on any atom is 0.291 e. The van der Waals surface area contributed by atoms with Crippen LogP contribution in [0.15, 0.2) is 47.1 Å². The molecule has 1 saturated heterocycles. The molecule has 1 aliphatic heterocycles. The number of amides is 2.